The molecular weight excluding hydrogens is 202 g/mol. The first-order valence-corrected chi connectivity index (χ1v) is 5.30. The minimum Gasteiger partial charge on any atom is -0.398 e. The molecule has 0 spiro atoms. The zero-order valence-electron chi connectivity index (χ0n) is 9.40. The molecule has 0 heterocycles. The van der Waals surface area contributed by atoms with Crippen LogP contribution in [0.3, 0.4) is 0 Å². The molecule has 0 saturated heterocycles. The van der Waals surface area contributed by atoms with Gasteiger partial charge in [-0.25, -0.2) is 0 Å². The number of nitriles is 1. The Balaban J connectivity index is 2.64. The molecule has 1 atom stereocenters. The van der Waals surface area contributed by atoms with Gasteiger partial charge < -0.3 is 16.2 Å². The SMILES string of the molecule is CC(Cc1ccc(N)c(C#N)c1)NCCO. The summed E-state index contributed by atoms with van der Waals surface area (Å²) in [6.07, 6.45) is 0.814. The van der Waals surface area contributed by atoms with E-state index in [1.54, 1.807) is 6.07 Å². The van der Waals surface area contributed by atoms with Crippen LogP contribution in [0.1, 0.15) is 18.1 Å². The van der Waals surface area contributed by atoms with Gasteiger partial charge in [-0.05, 0) is 31.0 Å². The Morgan fingerprint density at radius 3 is 2.94 bits per heavy atom. The molecule has 4 nitrogen and oxygen atoms in total. The van der Waals surface area contributed by atoms with Gasteiger partial charge in [-0.1, -0.05) is 6.07 Å². The maximum absolute atomic E-state index is 8.84. The van der Waals surface area contributed by atoms with E-state index in [4.69, 9.17) is 16.1 Å². The van der Waals surface area contributed by atoms with Gasteiger partial charge in [-0.15, -0.1) is 0 Å². The Kier molecular flexibility index (Phi) is 4.77. The van der Waals surface area contributed by atoms with Crippen LogP contribution in [0.25, 0.3) is 0 Å². The lowest BCUT2D eigenvalue weighted by atomic mass is 10.0. The predicted octanol–water partition coefficient (Wildman–Crippen LogP) is 0.653. The number of aliphatic hydroxyl groups is 1. The van der Waals surface area contributed by atoms with Crippen LogP contribution in [-0.2, 0) is 6.42 Å². The van der Waals surface area contributed by atoms with Gasteiger partial charge >= 0.3 is 0 Å². The van der Waals surface area contributed by atoms with E-state index in [1.165, 1.54) is 0 Å². The van der Waals surface area contributed by atoms with Gasteiger partial charge in [-0.3, -0.25) is 0 Å². The summed E-state index contributed by atoms with van der Waals surface area (Å²) in [7, 11) is 0. The summed E-state index contributed by atoms with van der Waals surface area (Å²) in [5.41, 5.74) is 7.75. The average Bonchev–Trinajstić information content (AvgIpc) is 2.29. The fraction of sp³-hybridized carbons (Fsp3) is 0.417. The molecule has 0 saturated carbocycles. The number of rotatable bonds is 5. The van der Waals surface area contributed by atoms with E-state index in [2.05, 4.69) is 11.4 Å². The van der Waals surface area contributed by atoms with Gasteiger partial charge in [-0.2, -0.15) is 5.26 Å². The lowest BCUT2D eigenvalue weighted by molar-refractivity contribution is 0.285. The van der Waals surface area contributed by atoms with E-state index >= 15 is 0 Å². The van der Waals surface area contributed by atoms with Crippen LogP contribution in [0.4, 0.5) is 5.69 Å². The Morgan fingerprint density at radius 1 is 1.56 bits per heavy atom. The second-order valence-electron chi connectivity index (χ2n) is 3.82. The van der Waals surface area contributed by atoms with Crippen molar-refractivity contribution < 1.29 is 5.11 Å². The molecule has 0 fully saturated rings. The second-order valence-corrected chi connectivity index (χ2v) is 3.82. The average molecular weight is 219 g/mol. The number of nitrogens with two attached hydrogens (primary N) is 1. The van der Waals surface area contributed by atoms with E-state index in [-0.39, 0.29) is 12.6 Å². The van der Waals surface area contributed by atoms with E-state index < -0.39 is 0 Å². The zero-order valence-corrected chi connectivity index (χ0v) is 9.40. The summed E-state index contributed by atoms with van der Waals surface area (Å²) in [4.78, 5) is 0. The first-order valence-electron chi connectivity index (χ1n) is 5.30. The van der Waals surface area contributed by atoms with Gasteiger partial charge in [0, 0.05) is 18.3 Å². The minimum absolute atomic E-state index is 0.134. The summed E-state index contributed by atoms with van der Waals surface area (Å²) in [5, 5.41) is 20.7. The highest BCUT2D eigenvalue weighted by Crippen LogP contribution is 2.14. The molecule has 0 bridgehead atoms. The lowest BCUT2D eigenvalue weighted by Gasteiger charge is -2.13. The molecule has 0 radical (unpaired) electrons. The van der Waals surface area contributed by atoms with Crippen LogP contribution in [0.5, 0.6) is 0 Å². The molecule has 1 aromatic rings. The maximum atomic E-state index is 8.84. The molecular formula is C12H17N3O. The number of nitrogens with one attached hydrogen (secondary N) is 1. The number of aliphatic hydroxyl groups excluding tert-OH is 1. The first-order chi connectivity index (χ1) is 7.67. The van der Waals surface area contributed by atoms with Crippen molar-refractivity contribution in [1.82, 2.24) is 5.32 Å². The van der Waals surface area contributed by atoms with Gasteiger partial charge in [0.25, 0.3) is 0 Å². The first kappa shape index (κ1) is 12.5. The third-order valence-electron chi connectivity index (χ3n) is 2.38. The van der Waals surface area contributed by atoms with Crippen molar-refractivity contribution in [1.29, 1.82) is 5.26 Å². The predicted molar refractivity (Wildman–Crippen MR) is 63.8 cm³/mol. The van der Waals surface area contributed by atoms with Crippen molar-refractivity contribution in [2.75, 3.05) is 18.9 Å². The summed E-state index contributed by atoms with van der Waals surface area (Å²) in [6.45, 7) is 2.76. The van der Waals surface area contributed by atoms with Crippen molar-refractivity contribution >= 4 is 5.69 Å². The quantitative estimate of drug-likeness (QED) is 0.635. The number of hydrogen-bond acceptors (Lipinski definition) is 4. The largest absolute Gasteiger partial charge is 0.398 e. The lowest BCUT2D eigenvalue weighted by Crippen LogP contribution is -2.30. The number of nitrogen functional groups attached to an aromatic ring is 1. The van der Waals surface area contributed by atoms with Crippen molar-refractivity contribution in [2.24, 2.45) is 0 Å². The van der Waals surface area contributed by atoms with E-state index in [9.17, 15) is 0 Å². The van der Waals surface area contributed by atoms with Gasteiger partial charge in [0.15, 0.2) is 0 Å². The third-order valence-corrected chi connectivity index (χ3v) is 2.38. The molecule has 1 rings (SSSR count). The van der Waals surface area contributed by atoms with Crippen LogP contribution < -0.4 is 11.1 Å². The van der Waals surface area contributed by atoms with Crippen LogP contribution in [0.2, 0.25) is 0 Å². The number of nitrogens with zero attached hydrogens (tertiary/aromatic N) is 1. The fourth-order valence-electron chi connectivity index (χ4n) is 1.56. The summed E-state index contributed by atoms with van der Waals surface area (Å²) < 4.78 is 0. The summed E-state index contributed by atoms with van der Waals surface area (Å²) >= 11 is 0. The molecule has 4 N–H and O–H groups in total. The minimum atomic E-state index is 0.134. The number of benzene rings is 1. The Labute approximate surface area is 95.7 Å². The second kappa shape index (κ2) is 6.11. The highest BCUT2D eigenvalue weighted by atomic mass is 16.3. The smallest absolute Gasteiger partial charge is 0.101 e. The van der Waals surface area contributed by atoms with E-state index in [0.717, 1.165) is 12.0 Å². The van der Waals surface area contributed by atoms with Crippen LogP contribution in [0.15, 0.2) is 18.2 Å². The number of anilines is 1. The molecule has 0 aliphatic rings. The highest BCUT2D eigenvalue weighted by Gasteiger charge is 2.05. The van der Waals surface area contributed by atoms with E-state index in [1.807, 2.05) is 19.1 Å². The normalized spacial score (nSPS) is 12.1. The molecule has 0 amide bonds. The molecule has 0 aliphatic heterocycles. The van der Waals surface area contributed by atoms with Gasteiger partial charge in [0.1, 0.15) is 6.07 Å². The van der Waals surface area contributed by atoms with Crippen LogP contribution in [0, 0.1) is 11.3 Å². The van der Waals surface area contributed by atoms with Gasteiger partial charge in [0.2, 0.25) is 0 Å². The fourth-order valence-corrected chi connectivity index (χ4v) is 1.56. The van der Waals surface area contributed by atoms with E-state index in [0.29, 0.717) is 17.8 Å². The topological polar surface area (TPSA) is 82.1 Å². The maximum Gasteiger partial charge on any atom is 0.101 e. The highest BCUT2D eigenvalue weighted by molar-refractivity contribution is 5.55. The Morgan fingerprint density at radius 2 is 2.31 bits per heavy atom. The zero-order chi connectivity index (χ0) is 12.0. The molecule has 86 valence electrons. The molecule has 0 aromatic heterocycles. The summed E-state index contributed by atoms with van der Waals surface area (Å²) in [5.74, 6) is 0. The third kappa shape index (κ3) is 3.54. The molecule has 0 aliphatic carbocycles. The number of hydrogen-bond donors (Lipinski definition) is 3. The Hall–Kier alpha value is -1.57. The van der Waals surface area contributed by atoms with Crippen molar-refractivity contribution in [2.45, 2.75) is 19.4 Å². The molecule has 1 aromatic carbocycles. The van der Waals surface area contributed by atoms with Crippen molar-refractivity contribution in [3.63, 3.8) is 0 Å². The summed E-state index contributed by atoms with van der Waals surface area (Å²) in [6, 6.07) is 7.83. The van der Waals surface area contributed by atoms with Crippen LogP contribution in [-0.4, -0.2) is 24.3 Å². The van der Waals surface area contributed by atoms with Crippen molar-refractivity contribution in [3.05, 3.63) is 29.3 Å². The molecule has 16 heavy (non-hydrogen) atoms. The monoisotopic (exact) mass is 219 g/mol. The van der Waals surface area contributed by atoms with Crippen LogP contribution >= 0.6 is 0 Å². The molecule has 1 unspecified atom stereocenters. The van der Waals surface area contributed by atoms with Crippen molar-refractivity contribution in [3.8, 4) is 6.07 Å². The molecule has 4 heteroatoms. The standard InChI is InChI=1S/C12H17N3O/c1-9(15-4-5-16)6-10-2-3-12(14)11(7-10)8-13/h2-3,7,9,15-16H,4-6,14H2,1H3. The Bertz CT molecular complexity index is 384. The van der Waals surface area contributed by atoms with Gasteiger partial charge in [0.05, 0.1) is 12.2 Å².